The monoisotopic (exact) mass is 283 g/mol. The van der Waals surface area contributed by atoms with E-state index in [1.807, 2.05) is 24.3 Å². The van der Waals surface area contributed by atoms with E-state index in [0.717, 1.165) is 48.6 Å². The SMILES string of the molecule is CN=C(NCCc1nc2ccccc2[nH]1)NC1CC=CC1. The fraction of sp³-hybridized carbons (Fsp3) is 0.375. The third-order valence-corrected chi connectivity index (χ3v) is 3.66. The summed E-state index contributed by atoms with van der Waals surface area (Å²) in [6, 6.07) is 8.57. The zero-order valence-electron chi connectivity index (χ0n) is 12.3. The normalized spacial score (nSPS) is 15.8. The summed E-state index contributed by atoms with van der Waals surface area (Å²) in [6.45, 7) is 0.805. The Morgan fingerprint density at radius 3 is 2.90 bits per heavy atom. The second-order valence-corrected chi connectivity index (χ2v) is 5.23. The summed E-state index contributed by atoms with van der Waals surface area (Å²) in [7, 11) is 1.80. The van der Waals surface area contributed by atoms with E-state index in [4.69, 9.17) is 0 Å². The van der Waals surface area contributed by atoms with Crippen molar-refractivity contribution in [2.24, 2.45) is 4.99 Å². The number of guanidine groups is 1. The molecule has 0 spiro atoms. The molecule has 1 heterocycles. The average molecular weight is 283 g/mol. The molecule has 0 radical (unpaired) electrons. The molecule has 0 saturated heterocycles. The molecule has 1 aliphatic carbocycles. The minimum atomic E-state index is 0.474. The van der Waals surface area contributed by atoms with Crippen LogP contribution in [0.1, 0.15) is 18.7 Å². The van der Waals surface area contributed by atoms with Gasteiger partial charge in [0, 0.05) is 26.1 Å². The molecular formula is C16H21N5. The molecule has 0 unspecified atom stereocenters. The number of aromatic nitrogens is 2. The number of hydrogen-bond donors (Lipinski definition) is 3. The van der Waals surface area contributed by atoms with Crippen LogP contribution >= 0.6 is 0 Å². The summed E-state index contributed by atoms with van der Waals surface area (Å²) in [6.07, 6.45) is 7.41. The first-order valence-corrected chi connectivity index (χ1v) is 7.41. The Labute approximate surface area is 124 Å². The topological polar surface area (TPSA) is 65.1 Å². The summed E-state index contributed by atoms with van der Waals surface area (Å²) in [5, 5.41) is 6.76. The maximum Gasteiger partial charge on any atom is 0.191 e. The third kappa shape index (κ3) is 3.42. The molecule has 0 fully saturated rings. The molecule has 1 aromatic heterocycles. The molecule has 5 nitrogen and oxygen atoms in total. The smallest absolute Gasteiger partial charge is 0.191 e. The van der Waals surface area contributed by atoms with Crippen LogP contribution < -0.4 is 10.6 Å². The lowest BCUT2D eigenvalue weighted by Gasteiger charge is -2.16. The molecular weight excluding hydrogens is 262 g/mol. The highest BCUT2D eigenvalue weighted by atomic mass is 15.2. The van der Waals surface area contributed by atoms with Gasteiger partial charge >= 0.3 is 0 Å². The fourth-order valence-electron chi connectivity index (χ4n) is 2.55. The van der Waals surface area contributed by atoms with Gasteiger partial charge in [-0.3, -0.25) is 4.99 Å². The second kappa shape index (κ2) is 6.43. The van der Waals surface area contributed by atoms with Crippen molar-refractivity contribution in [1.29, 1.82) is 0 Å². The van der Waals surface area contributed by atoms with Gasteiger partial charge in [0.05, 0.1) is 11.0 Å². The van der Waals surface area contributed by atoms with Gasteiger partial charge in [-0.15, -0.1) is 0 Å². The number of fused-ring (bicyclic) bond motifs is 1. The van der Waals surface area contributed by atoms with Gasteiger partial charge in [-0.2, -0.15) is 0 Å². The predicted molar refractivity (Wildman–Crippen MR) is 86.5 cm³/mol. The Balaban J connectivity index is 1.50. The number of rotatable bonds is 4. The van der Waals surface area contributed by atoms with Crippen LogP contribution in [0.3, 0.4) is 0 Å². The van der Waals surface area contributed by atoms with Crippen LogP contribution in [-0.2, 0) is 6.42 Å². The summed E-state index contributed by atoms with van der Waals surface area (Å²) >= 11 is 0. The molecule has 0 amide bonds. The molecule has 0 bridgehead atoms. The first kappa shape index (κ1) is 13.7. The van der Waals surface area contributed by atoms with Gasteiger partial charge in [-0.25, -0.2) is 4.98 Å². The number of benzene rings is 1. The van der Waals surface area contributed by atoms with E-state index in [1.165, 1.54) is 0 Å². The molecule has 0 saturated carbocycles. The number of para-hydroxylation sites is 2. The Morgan fingerprint density at radius 2 is 2.14 bits per heavy atom. The van der Waals surface area contributed by atoms with Gasteiger partial charge in [0.25, 0.3) is 0 Å². The molecule has 0 atom stereocenters. The molecule has 110 valence electrons. The van der Waals surface area contributed by atoms with E-state index in [1.54, 1.807) is 7.05 Å². The standard InChI is InChI=1S/C16H21N5/c1-17-16(19-12-6-2-3-7-12)18-11-10-15-20-13-8-4-5-9-14(13)21-15/h2-5,8-9,12H,6-7,10-11H2,1H3,(H,20,21)(H2,17,18,19). The maximum atomic E-state index is 4.57. The maximum absolute atomic E-state index is 4.57. The lowest BCUT2D eigenvalue weighted by molar-refractivity contribution is 0.632. The summed E-state index contributed by atoms with van der Waals surface area (Å²) in [5.41, 5.74) is 2.11. The lowest BCUT2D eigenvalue weighted by Crippen LogP contribution is -2.43. The van der Waals surface area contributed by atoms with Crippen molar-refractivity contribution >= 4 is 17.0 Å². The van der Waals surface area contributed by atoms with Crippen LogP contribution in [0.5, 0.6) is 0 Å². The van der Waals surface area contributed by atoms with Crippen molar-refractivity contribution in [3.63, 3.8) is 0 Å². The number of aliphatic imine (C=N–C) groups is 1. The van der Waals surface area contributed by atoms with Gasteiger partial charge in [-0.1, -0.05) is 24.3 Å². The highest BCUT2D eigenvalue weighted by Crippen LogP contribution is 2.10. The van der Waals surface area contributed by atoms with Crippen LogP contribution in [0.15, 0.2) is 41.4 Å². The summed E-state index contributed by atoms with van der Waals surface area (Å²) in [5.74, 6) is 1.86. The molecule has 2 aromatic rings. The van der Waals surface area contributed by atoms with Crippen LogP contribution in [0, 0.1) is 0 Å². The van der Waals surface area contributed by atoms with Gasteiger partial charge in [0.15, 0.2) is 5.96 Å². The highest BCUT2D eigenvalue weighted by molar-refractivity contribution is 5.80. The zero-order valence-corrected chi connectivity index (χ0v) is 12.3. The fourth-order valence-corrected chi connectivity index (χ4v) is 2.55. The van der Waals surface area contributed by atoms with Crippen molar-refractivity contribution in [1.82, 2.24) is 20.6 Å². The van der Waals surface area contributed by atoms with Crippen molar-refractivity contribution in [2.75, 3.05) is 13.6 Å². The number of imidazole rings is 1. The van der Waals surface area contributed by atoms with Crippen LogP contribution in [0.25, 0.3) is 11.0 Å². The molecule has 21 heavy (non-hydrogen) atoms. The lowest BCUT2D eigenvalue weighted by atomic mass is 10.2. The Hall–Kier alpha value is -2.30. The number of nitrogens with one attached hydrogen (secondary N) is 3. The number of H-pyrrole nitrogens is 1. The van der Waals surface area contributed by atoms with E-state index in [0.29, 0.717) is 6.04 Å². The van der Waals surface area contributed by atoms with Gasteiger partial charge in [0.2, 0.25) is 0 Å². The molecule has 1 aromatic carbocycles. The van der Waals surface area contributed by atoms with E-state index in [-0.39, 0.29) is 0 Å². The minimum Gasteiger partial charge on any atom is -0.356 e. The van der Waals surface area contributed by atoms with E-state index >= 15 is 0 Å². The minimum absolute atomic E-state index is 0.474. The van der Waals surface area contributed by atoms with E-state index < -0.39 is 0 Å². The zero-order chi connectivity index (χ0) is 14.5. The molecule has 1 aliphatic rings. The van der Waals surface area contributed by atoms with Gasteiger partial charge in [-0.05, 0) is 25.0 Å². The van der Waals surface area contributed by atoms with Crippen LogP contribution in [0.4, 0.5) is 0 Å². The van der Waals surface area contributed by atoms with Crippen molar-refractivity contribution in [2.45, 2.75) is 25.3 Å². The van der Waals surface area contributed by atoms with Crippen molar-refractivity contribution in [3.8, 4) is 0 Å². The molecule has 3 N–H and O–H groups in total. The Morgan fingerprint density at radius 1 is 1.33 bits per heavy atom. The number of nitrogens with zero attached hydrogens (tertiary/aromatic N) is 2. The molecule has 5 heteroatoms. The van der Waals surface area contributed by atoms with Crippen LogP contribution in [0.2, 0.25) is 0 Å². The first-order valence-electron chi connectivity index (χ1n) is 7.41. The molecule has 0 aliphatic heterocycles. The summed E-state index contributed by atoms with van der Waals surface area (Å²) in [4.78, 5) is 12.2. The Kier molecular flexibility index (Phi) is 4.19. The Bertz CT molecular complexity index is 614. The van der Waals surface area contributed by atoms with Crippen molar-refractivity contribution in [3.05, 3.63) is 42.2 Å². The van der Waals surface area contributed by atoms with E-state index in [9.17, 15) is 0 Å². The second-order valence-electron chi connectivity index (χ2n) is 5.23. The third-order valence-electron chi connectivity index (χ3n) is 3.66. The van der Waals surface area contributed by atoms with Gasteiger partial charge < -0.3 is 15.6 Å². The largest absolute Gasteiger partial charge is 0.356 e. The van der Waals surface area contributed by atoms with Gasteiger partial charge in [0.1, 0.15) is 5.82 Å². The average Bonchev–Trinajstić information content (AvgIpc) is 3.14. The summed E-state index contributed by atoms with van der Waals surface area (Å²) < 4.78 is 0. The van der Waals surface area contributed by atoms with Crippen LogP contribution in [-0.4, -0.2) is 35.6 Å². The molecule has 3 rings (SSSR count). The highest BCUT2D eigenvalue weighted by Gasteiger charge is 2.11. The number of aromatic amines is 1. The quantitative estimate of drug-likeness (QED) is 0.457. The number of hydrogen-bond acceptors (Lipinski definition) is 2. The van der Waals surface area contributed by atoms with Crippen molar-refractivity contribution < 1.29 is 0 Å². The first-order chi connectivity index (χ1) is 10.3. The predicted octanol–water partition coefficient (Wildman–Crippen LogP) is 1.99. The van der Waals surface area contributed by atoms with E-state index in [2.05, 4.69) is 37.7 Å².